The lowest BCUT2D eigenvalue weighted by atomic mass is 10.2. The second-order valence-corrected chi connectivity index (χ2v) is 6.77. The Morgan fingerprint density at radius 3 is 2.82 bits per heavy atom. The standard InChI is InChI=1S/C15H16N4O2S/c1-15(2,3)21-14(20)17-10-8-16-19(9-10)13-18-11-6-4-5-7-12(11)22-13/h4-9H,1-3H3,(H,17,20). The number of para-hydroxylation sites is 1. The molecule has 0 aliphatic carbocycles. The molecule has 2 aromatic heterocycles. The van der Waals surface area contributed by atoms with Crippen molar-refractivity contribution in [3.8, 4) is 5.13 Å². The molecule has 114 valence electrons. The summed E-state index contributed by atoms with van der Waals surface area (Å²) in [6.07, 6.45) is 2.77. The molecule has 3 aromatic rings. The van der Waals surface area contributed by atoms with Crippen LogP contribution in [0.2, 0.25) is 0 Å². The maximum absolute atomic E-state index is 11.7. The van der Waals surface area contributed by atoms with Gasteiger partial charge in [0.25, 0.3) is 0 Å². The van der Waals surface area contributed by atoms with E-state index in [0.29, 0.717) is 5.69 Å². The van der Waals surface area contributed by atoms with E-state index < -0.39 is 11.7 Å². The zero-order valence-electron chi connectivity index (χ0n) is 12.5. The Morgan fingerprint density at radius 2 is 2.09 bits per heavy atom. The highest BCUT2D eigenvalue weighted by atomic mass is 32.1. The second kappa shape index (κ2) is 5.42. The Morgan fingerprint density at radius 1 is 1.32 bits per heavy atom. The molecule has 0 spiro atoms. The van der Waals surface area contributed by atoms with Gasteiger partial charge < -0.3 is 4.74 Å². The molecule has 0 aliphatic heterocycles. The molecule has 1 amide bonds. The SMILES string of the molecule is CC(C)(C)OC(=O)Nc1cnn(-c2nc3ccccc3s2)c1. The van der Waals surface area contributed by atoms with Crippen molar-refractivity contribution in [1.29, 1.82) is 0 Å². The highest BCUT2D eigenvalue weighted by Crippen LogP contribution is 2.24. The molecule has 7 heteroatoms. The van der Waals surface area contributed by atoms with Crippen molar-refractivity contribution in [3.63, 3.8) is 0 Å². The van der Waals surface area contributed by atoms with Gasteiger partial charge in [0.2, 0.25) is 5.13 Å². The molecule has 0 fully saturated rings. The number of thiazole rings is 1. The number of aromatic nitrogens is 3. The Hall–Kier alpha value is -2.41. The average molecular weight is 316 g/mol. The van der Waals surface area contributed by atoms with Crippen LogP contribution >= 0.6 is 11.3 Å². The summed E-state index contributed by atoms with van der Waals surface area (Å²) in [4.78, 5) is 16.2. The van der Waals surface area contributed by atoms with Gasteiger partial charge in [-0.1, -0.05) is 23.5 Å². The molecule has 0 radical (unpaired) electrons. The number of ether oxygens (including phenoxy) is 1. The van der Waals surface area contributed by atoms with Gasteiger partial charge in [0.15, 0.2) is 0 Å². The maximum Gasteiger partial charge on any atom is 0.412 e. The summed E-state index contributed by atoms with van der Waals surface area (Å²) in [5, 5.41) is 7.63. The topological polar surface area (TPSA) is 69.0 Å². The quantitative estimate of drug-likeness (QED) is 0.780. The number of anilines is 1. The first-order valence-corrected chi connectivity index (χ1v) is 7.63. The molecule has 3 rings (SSSR count). The lowest BCUT2D eigenvalue weighted by Gasteiger charge is -2.19. The molecule has 0 bridgehead atoms. The van der Waals surface area contributed by atoms with Crippen LogP contribution in [0.4, 0.5) is 10.5 Å². The number of nitrogens with one attached hydrogen (secondary N) is 1. The number of nitrogens with zero attached hydrogens (tertiary/aromatic N) is 3. The van der Waals surface area contributed by atoms with Crippen LogP contribution in [0.3, 0.4) is 0 Å². The van der Waals surface area contributed by atoms with Crippen molar-refractivity contribution in [1.82, 2.24) is 14.8 Å². The number of carbonyl (C=O) groups excluding carboxylic acids is 1. The van der Waals surface area contributed by atoms with Gasteiger partial charge in [0.05, 0.1) is 28.3 Å². The molecule has 0 saturated heterocycles. The van der Waals surface area contributed by atoms with E-state index in [2.05, 4.69) is 15.4 Å². The number of hydrogen-bond donors (Lipinski definition) is 1. The van der Waals surface area contributed by atoms with Gasteiger partial charge in [0.1, 0.15) is 5.60 Å². The summed E-state index contributed by atoms with van der Waals surface area (Å²) < 4.78 is 7.93. The van der Waals surface area contributed by atoms with Crippen LogP contribution in [0.5, 0.6) is 0 Å². The number of amides is 1. The molecule has 6 nitrogen and oxygen atoms in total. The highest BCUT2D eigenvalue weighted by molar-refractivity contribution is 7.20. The molecule has 22 heavy (non-hydrogen) atoms. The van der Waals surface area contributed by atoms with Crippen LogP contribution in [0.1, 0.15) is 20.8 Å². The lowest BCUT2D eigenvalue weighted by Crippen LogP contribution is -2.27. The van der Waals surface area contributed by atoms with Crippen molar-refractivity contribution in [2.24, 2.45) is 0 Å². The third-order valence-electron chi connectivity index (χ3n) is 2.71. The van der Waals surface area contributed by atoms with E-state index in [1.807, 2.05) is 45.0 Å². The summed E-state index contributed by atoms with van der Waals surface area (Å²) in [6, 6.07) is 7.89. The van der Waals surface area contributed by atoms with Crippen molar-refractivity contribution in [2.45, 2.75) is 26.4 Å². The van der Waals surface area contributed by atoms with E-state index in [4.69, 9.17) is 4.74 Å². The molecule has 1 aromatic carbocycles. The van der Waals surface area contributed by atoms with E-state index >= 15 is 0 Å². The second-order valence-electron chi connectivity index (χ2n) is 5.76. The minimum Gasteiger partial charge on any atom is -0.444 e. The van der Waals surface area contributed by atoms with Crippen molar-refractivity contribution in [3.05, 3.63) is 36.7 Å². The first-order valence-electron chi connectivity index (χ1n) is 6.81. The normalized spacial score (nSPS) is 11.6. The summed E-state index contributed by atoms with van der Waals surface area (Å²) >= 11 is 1.54. The van der Waals surface area contributed by atoms with Crippen LogP contribution in [0.15, 0.2) is 36.7 Å². The molecule has 1 N–H and O–H groups in total. The maximum atomic E-state index is 11.7. The van der Waals surface area contributed by atoms with Gasteiger partial charge in [0, 0.05) is 0 Å². The van der Waals surface area contributed by atoms with Gasteiger partial charge in [-0.2, -0.15) is 5.10 Å². The van der Waals surface area contributed by atoms with Crippen LogP contribution < -0.4 is 5.32 Å². The molecule has 2 heterocycles. The zero-order chi connectivity index (χ0) is 15.7. The van der Waals surface area contributed by atoms with E-state index in [1.165, 1.54) is 11.3 Å². The predicted molar refractivity (Wildman–Crippen MR) is 86.6 cm³/mol. The van der Waals surface area contributed by atoms with Crippen molar-refractivity contribution >= 4 is 33.3 Å². The van der Waals surface area contributed by atoms with Gasteiger partial charge in [-0.25, -0.2) is 14.5 Å². The summed E-state index contributed by atoms with van der Waals surface area (Å²) in [5.41, 5.74) is 0.959. The first kappa shape index (κ1) is 14.5. The van der Waals surface area contributed by atoms with Gasteiger partial charge in [-0.3, -0.25) is 5.32 Å². The van der Waals surface area contributed by atoms with E-state index in [0.717, 1.165) is 15.3 Å². The summed E-state index contributed by atoms with van der Waals surface area (Å²) in [5.74, 6) is 0. The third kappa shape index (κ3) is 3.25. The molecule has 0 saturated carbocycles. The van der Waals surface area contributed by atoms with E-state index in [1.54, 1.807) is 17.1 Å². The van der Waals surface area contributed by atoms with Gasteiger partial charge in [-0.15, -0.1) is 0 Å². The van der Waals surface area contributed by atoms with Crippen LogP contribution in [-0.4, -0.2) is 26.5 Å². The summed E-state index contributed by atoms with van der Waals surface area (Å²) in [6.45, 7) is 5.45. The van der Waals surface area contributed by atoms with Crippen LogP contribution in [0.25, 0.3) is 15.3 Å². The molecular formula is C15H16N4O2S. The number of fused-ring (bicyclic) bond motifs is 1. The minimum atomic E-state index is -0.535. The number of rotatable bonds is 2. The number of carbonyl (C=O) groups is 1. The Bertz CT molecular complexity index is 783. The Labute approximate surface area is 131 Å². The van der Waals surface area contributed by atoms with Crippen molar-refractivity contribution < 1.29 is 9.53 Å². The van der Waals surface area contributed by atoms with Gasteiger partial charge >= 0.3 is 6.09 Å². The lowest BCUT2D eigenvalue weighted by molar-refractivity contribution is 0.0636. The summed E-state index contributed by atoms with van der Waals surface area (Å²) in [7, 11) is 0. The highest BCUT2D eigenvalue weighted by Gasteiger charge is 2.17. The average Bonchev–Trinajstić information content (AvgIpc) is 3.01. The molecule has 0 unspecified atom stereocenters. The minimum absolute atomic E-state index is 0.503. The largest absolute Gasteiger partial charge is 0.444 e. The van der Waals surface area contributed by atoms with Crippen LogP contribution in [-0.2, 0) is 4.74 Å². The molecule has 0 atom stereocenters. The number of hydrogen-bond acceptors (Lipinski definition) is 5. The predicted octanol–water partition coefficient (Wildman–Crippen LogP) is 3.83. The fourth-order valence-corrected chi connectivity index (χ4v) is 2.77. The van der Waals surface area contributed by atoms with E-state index in [9.17, 15) is 4.79 Å². The molecule has 0 aliphatic rings. The smallest absolute Gasteiger partial charge is 0.412 e. The number of benzene rings is 1. The van der Waals surface area contributed by atoms with Crippen LogP contribution in [0, 0.1) is 0 Å². The monoisotopic (exact) mass is 316 g/mol. The van der Waals surface area contributed by atoms with Gasteiger partial charge in [-0.05, 0) is 32.9 Å². The third-order valence-corrected chi connectivity index (χ3v) is 3.73. The fraction of sp³-hybridized carbons (Fsp3) is 0.267. The zero-order valence-corrected chi connectivity index (χ0v) is 13.3. The molecular weight excluding hydrogens is 300 g/mol. The Balaban J connectivity index is 1.77. The van der Waals surface area contributed by atoms with E-state index in [-0.39, 0.29) is 0 Å². The fourth-order valence-electron chi connectivity index (χ4n) is 1.87. The Kier molecular flexibility index (Phi) is 3.58. The van der Waals surface area contributed by atoms with Crippen molar-refractivity contribution in [2.75, 3.05) is 5.32 Å². The first-order chi connectivity index (χ1) is 10.4.